The molecule has 1 N–H and O–H groups in total. The minimum absolute atomic E-state index is 0.248. The van der Waals surface area contributed by atoms with Gasteiger partial charge in [-0.25, -0.2) is 4.98 Å². The van der Waals surface area contributed by atoms with E-state index < -0.39 is 0 Å². The monoisotopic (exact) mass is 256 g/mol. The second-order valence-corrected chi connectivity index (χ2v) is 5.63. The highest BCUT2D eigenvalue weighted by Gasteiger charge is 2.40. The van der Waals surface area contributed by atoms with Crippen molar-refractivity contribution in [2.24, 2.45) is 0 Å². The lowest BCUT2D eigenvalue weighted by molar-refractivity contribution is 0.239. The van der Waals surface area contributed by atoms with Gasteiger partial charge in [-0.1, -0.05) is 19.3 Å². The largest absolute Gasteiger partial charge is 0.348 e. The first-order valence-electron chi connectivity index (χ1n) is 7.19. The minimum Gasteiger partial charge on any atom is -0.348 e. The Morgan fingerprint density at radius 3 is 2.79 bits per heavy atom. The summed E-state index contributed by atoms with van der Waals surface area (Å²) in [5.41, 5.74) is 0.883. The second-order valence-electron chi connectivity index (χ2n) is 5.63. The molecule has 0 unspecified atom stereocenters. The number of nitrogens with zero attached hydrogens (tertiary/aromatic N) is 3. The van der Waals surface area contributed by atoms with Crippen molar-refractivity contribution >= 4 is 5.82 Å². The lowest BCUT2D eigenvalue weighted by atomic mass is 9.79. The average molecular weight is 256 g/mol. The molecule has 0 atom stereocenters. The Bertz CT molecular complexity index is 460. The molecule has 2 fully saturated rings. The molecule has 3 rings (SSSR count). The zero-order chi connectivity index (χ0) is 13.1. The number of aromatic nitrogens is 1. The van der Waals surface area contributed by atoms with Crippen LogP contribution >= 0.6 is 0 Å². The van der Waals surface area contributed by atoms with Gasteiger partial charge in [-0.05, 0) is 25.0 Å². The minimum atomic E-state index is 0.248. The molecular formula is C15H20N4. The Morgan fingerprint density at radius 1 is 1.26 bits per heavy atom. The van der Waals surface area contributed by atoms with Crippen LogP contribution in [-0.4, -0.2) is 30.2 Å². The van der Waals surface area contributed by atoms with E-state index in [0.29, 0.717) is 5.56 Å². The van der Waals surface area contributed by atoms with E-state index in [2.05, 4.69) is 21.3 Å². The molecular weight excluding hydrogens is 236 g/mol. The molecule has 100 valence electrons. The van der Waals surface area contributed by atoms with Crippen molar-refractivity contribution in [3.05, 3.63) is 23.9 Å². The van der Waals surface area contributed by atoms with Gasteiger partial charge >= 0.3 is 0 Å². The van der Waals surface area contributed by atoms with E-state index >= 15 is 0 Å². The summed E-state index contributed by atoms with van der Waals surface area (Å²) in [6, 6.07) is 6.01. The van der Waals surface area contributed by atoms with Crippen LogP contribution in [0.15, 0.2) is 18.3 Å². The zero-order valence-corrected chi connectivity index (χ0v) is 11.2. The standard InChI is InChI=1S/C15H20N4/c16-10-13-4-5-14(18-11-13)19-9-8-17-12-15(19)6-2-1-3-7-15/h4-5,11,17H,1-3,6-9,12H2. The maximum absolute atomic E-state index is 8.87. The van der Waals surface area contributed by atoms with Gasteiger partial charge in [0.2, 0.25) is 0 Å². The molecule has 4 nitrogen and oxygen atoms in total. The molecule has 2 aliphatic rings. The molecule has 19 heavy (non-hydrogen) atoms. The van der Waals surface area contributed by atoms with E-state index in [1.54, 1.807) is 6.20 Å². The van der Waals surface area contributed by atoms with Gasteiger partial charge in [0.05, 0.1) is 11.1 Å². The van der Waals surface area contributed by atoms with E-state index in [1.165, 1.54) is 32.1 Å². The Labute approximate surface area is 114 Å². The highest BCUT2D eigenvalue weighted by molar-refractivity contribution is 5.46. The van der Waals surface area contributed by atoms with Crippen molar-refractivity contribution < 1.29 is 0 Å². The lowest BCUT2D eigenvalue weighted by Gasteiger charge is -2.50. The van der Waals surface area contributed by atoms with Crippen molar-refractivity contribution in [2.75, 3.05) is 24.5 Å². The number of piperazine rings is 1. The van der Waals surface area contributed by atoms with Crippen molar-refractivity contribution in [2.45, 2.75) is 37.6 Å². The summed E-state index contributed by atoms with van der Waals surface area (Å²) in [7, 11) is 0. The van der Waals surface area contributed by atoms with Crippen molar-refractivity contribution in [1.29, 1.82) is 5.26 Å². The summed E-state index contributed by atoms with van der Waals surface area (Å²) in [6.07, 6.45) is 8.18. The fourth-order valence-electron chi connectivity index (χ4n) is 3.47. The number of hydrogen-bond donors (Lipinski definition) is 1. The zero-order valence-electron chi connectivity index (χ0n) is 11.2. The highest BCUT2D eigenvalue weighted by Crippen LogP contribution is 2.36. The SMILES string of the molecule is N#Cc1ccc(N2CCNCC23CCCCC3)nc1. The molecule has 1 aromatic rings. The van der Waals surface area contributed by atoms with Gasteiger partial charge in [0.25, 0.3) is 0 Å². The fraction of sp³-hybridized carbons (Fsp3) is 0.600. The molecule has 0 radical (unpaired) electrons. The molecule has 4 heteroatoms. The first kappa shape index (κ1) is 12.4. The summed E-state index contributed by atoms with van der Waals surface area (Å²) in [5.74, 6) is 1.03. The second kappa shape index (κ2) is 5.18. The quantitative estimate of drug-likeness (QED) is 0.835. The predicted molar refractivity (Wildman–Crippen MR) is 75.0 cm³/mol. The maximum atomic E-state index is 8.87. The summed E-state index contributed by atoms with van der Waals surface area (Å²) >= 11 is 0. The van der Waals surface area contributed by atoms with Crippen molar-refractivity contribution in [3.63, 3.8) is 0 Å². The summed E-state index contributed by atoms with van der Waals surface area (Å²) in [4.78, 5) is 6.97. The van der Waals surface area contributed by atoms with Gasteiger partial charge in [-0.2, -0.15) is 5.26 Å². The summed E-state index contributed by atoms with van der Waals surface area (Å²) in [6.45, 7) is 3.09. The fourth-order valence-corrected chi connectivity index (χ4v) is 3.47. The topological polar surface area (TPSA) is 52.0 Å². The third-order valence-electron chi connectivity index (χ3n) is 4.48. The number of hydrogen-bond acceptors (Lipinski definition) is 4. The number of anilines is 1. The van der Waals surface area contributed by atoms with Gasteiger partial charge in [-0.15, -0.1) is 0 Å². The third kappa shape index (κ3) is 2.31. The van der Waals surface area contributed by atoms with Gasteiger partial charge in [-0.3, -0.25) is 0 Å². The van der Waals surface area contributed by atoms with Crippen molar-refractivity contribution in [3.8, 4) is 6.07 Å². The van der Waals surface area contributed by atoms with Gasteiger partial charge in [0.15, 0.2) is 0 Å². The van der Waals surface area contributed by atoms with Crippen LogP contribution in [0, 0.1) is 11.3 Å². The number of pyridine rings is 1. The first-order chi connectivity index (χ1) is 9.34. The number of nitriles is 1. The highest BCUT2D eigenvalue weighted by atomic mass is 15.3. The average Bonchev–Trinajstić information content (AvgIpc) is 2.49. The summed E-state index contributed by atoms with van der Waals surface area (Å²) < 4.78 is 0. The van der Waals surface area contributed by atoms with Crippen LogP contribution in [0.25, 0.3) is 0 Å². The van der Waals surface area contributed by atoms with E-state index in [9.17, 15) is 0 Å². The van der Waals surface area contributed by atoms with E-state index in [1.807, 2.05) is 12.1 Å². The predicted octanol–water partition coefficient (Wildman–Crippen LogP) is 2.07. The molecule has 0 amide bonds. The Hall–Kier alpha value is -1.60. The Morgan fingerprint density at radius 2 is 2.11 bits per heavy atom. The molecule has 1 aliphatic heterocycles. The molecule has 2 heterocycles. The van der Waals surface area contributed by atoms with Crippen LogP contribution in [0.5, 0.6) is 0 Å². The first-order valence-corrected chi connectivity index (χ1v) is 7.19. The van der Waals surface area contributed by atoms with Gasteiger partial charge < -0.3 is 10.2 Å². The smallest absolute Gasteiger partial charge is 0.129 e. The van der Waals surface area contributed by atoms with E-state index in [0.717, 1.165) is 25.5 Å². The van der Waals surface area contributed by atoms with Crippen LogP contribution in [0.2, 0.25) is 0 Å². The third-order valence-corrected chi connectivity index (χ3v) is 4.48. The van der Waals surface area contributed by atoms with Crippen LogP contribution < -0.4 is 10.2 Å². The molecule has 1 spiro atoms. The maximum Gasteiger partial charge on any atom is 0.129 e. The molecule has 1 aliphatic carbocycles. The van der Waals surface area contributed by atoms with Crippen LogP contribution in [0.3, 0.4) is 0 Å². The van der Waals surface area contributed by atoms with Crippen LogP contribution in [-0.2, 0) is 0 Å². The van der Waals surface area contributed by atoms with E-state index in [4.69, 9.17) is 5.26 Å². The number of rotatable bonds is 1. The van der Waals surface area contributed by atoms with Gasteiger partial charge in [0, 0.05) is 25.8 Å². The molecule has 0 bridgehead atoms. The van der Waals surface area contributed by atoms with E-state index in [-0.39, 0.29) is 5.54 Å². The Kier molecular flexibility index (Phi) is 3.39. The van der Waals surface area contributed by atoms with Crippen LogP contribution in [0.4, 0.5) is 5.82 Å². The molecule has 1 saturated carbocycles. The van der Waals surface area contributed by atoms with Gasteiger partial charge in [0.1, 0.15) is 11.9 Å². The summed E-state index contributed by atoms with van der Waals surface area (Å²) in [5, 5.41) is 12.4. The lowest BCUT2D eigenvalue weighted by Crippen LogP contribution is -2.62. The Balaban J connectivity index is 1.89. The van der Waals surface area contributed by atoms with Crippen LogP contribution in [0.1, 0.15) is 37.7 Å². The normalized spacial score (nSPS) is 22.2. The van der Waals surface area contributed by atoms with Crippen molar-refractivity contribution in [1.82, 2.24) is 10.3 Å². The number of nitrogens with one attached hydrogen (secondary N) is 1. The molecule has 0 aromatic carbocycles. The molecule has 1 saturated heterocycles. The molecule has 1 aromatic heterocycles.